The van der Waals surface area contributed by atoms with Gasteiger partial charge in [-0.25, -0.2) is 0 Å². The molecule has 1 unspecified atom stereocenters. The number of likely N-dealkylation sites (tertiary alicyclic amines) is 1. The Morgan fingerprint density at radius 2 is 1.97 bits per heavy atom. The highest BCUT2D eigenvalue weighted by Crippen LogP contribution is 2.64. The Bertz CT molecular complexity index is 1030. The first-order valence-electron chi connectivity index (χ1n) is 10.6. The third kappa shape index (κ3) is 4.78. The maximum Gasteiger partial charge on any atom is 0.240 e. The van der Waals surface area contributed by atoms with Crippen LogP contribution >= 0.6 is 24.0 Å². The molecule has 1 spiro atoms. The van der Waals surface area contributed by atoms with E-state index >= 15 is 0 Å². The lowest BCUT2D eigenvalue weighted by Gasteiger charge is -2.31. The van der Waals surface area contributed by atoms with Crippen LogP contribution in [0.1, 0.15) is 56.6 Å². The van der Waals surface area contributed by atoms with Crippen LogP contribution in [0.4, 0.5) is 0 Å². The van der Waals surface area contributed by atoms with Crippen molar-refractivity contribution >= 4 is 24.0 Å². The van der Waals surface area contributed by atoms with E-state index in [0.29, 0.717) is 28.1 Å². The van der Waals surface area contributed by atoms with Crippen molar-refractivity contribution in [1.82, 2.24) is 25.2 Å². The molecular weight excluding hydrogens is 437 g/mol. The first-order chi connectivity index (χ1) is 14.5. The van der Waals surface area contributed by atoms with Crippen LogP contribution < -0.4 is 0 Å². The summed E-state index contributed by atoms with van der Waals surface area (Å²) in [5.74, 6) is 3.79. The second-order valence-electron chi connectivity index (χ2n) is 9.06. The monoisotopic (exact) mass is 463 g/mol. The number of piperidine rings is 1. The molecule has 1 aliphatic carbocycles. The summed E-state index contributed by atoms with van der Waals surface area (Å²) in [7, 11) is 0. The lowest BCUT2D eigenvalue weighted by molar-refractivity contribution is 0.144. The molecule has 1 atom stereocenters. The Kier molecular flexibility index (Phi) is 6.37. The summed E-state index contributed by atoms with van der Waals surface area (Å²) in [5, 5.41) is 8.95. The van der Waals surface area contributed by atoms with Crippen LogP contribution in [-0.2, 0) is 13.0 Å². The number of benzene rings is 1. The van der Waals surface area contributed by atoms with E-state index in [1.165, 1.54) is 0 Å². The van der Waals surface area contributed by atoms with Gasteiger partial charge in [-0.05, 0) is 55.8 Å². The fourth-order valence-corrected chi connectivity index (χ4v) is 4.71. The van der Waals surface area contributed by atoms with E-state index in [2.05, 4.69) is 39.0 Å². The normalized spacial score (nSPS) is 20.2. The van der Waals surface area contributed by atoms with E-state index in [1.54, 1.807) is 0 Å². The number of hydrogen-bond acceptors (Lipinski definition) is 7. The molecule has 0 amide bonds. The second-order valence-corrected chi connectivity index (χ2v) is 9.50. The van der Waals surface area contributed by atoms with Crippen LogP contribution in [0.2, 0.25) is 5.02 Å². The molecule has 1 saturated carbocycles. The maximum atomic E-state index is 6.08. The molecule has 0 bridgehead atoms. The van der Waals surface area contributed by atoms with Crippen molar-refractivity contribution < 1.29 is 9.05 Å². The van der Waals surface area contributed by atoms with Crippen LogP contribution in [0.15, 0.2) is 33.3 Å². The smallest absolute Gasteiger partial charge is 0.240 e. The van der Waals surface area contributed by atoms with Crippen molar-refractivity contribution in [1.29, 1.82) is 0 Å². The Morgan fingerprint density at radius 3 is 2.71 bits per heavy atom. The first-order valence-corrected chi connectivity index (χ1v) is 11.0. The fourth-order valence-electron chi connectivity index (χ4n) is 4.52. The fraction of sp³-hybridized carbons (Fsp3) is 0.545. The molecule has 166 valence electrons. The van der Waals surface area contributed by atoms with Gasteiger partial charge in [0.15, 0.2) is 5.82 Å². The van der Waals surface area contributed by atoms with Gasteiger partial charge in [0.1, 0.15) is 0 Å². The van der Waals surface area contributed by atoms with Crippen molar-refractivity contribution in [3.05, 3.63) is 46.9 Å². The van der Waals surface area contributed by atoms with Crippen LogP contribution in [0.25, 0.3) is 11.4 Å². The molecular formula is C22H27Cl2N5O2. The minimum Gasteiger partial charge on any atom is -0.339 e. The average molecular weight is 464 g/mol. The third-order valence-corrected chi connectivity index (χ3v) is 6.56. The maximum absolute atomic E-state index is 6.08. The molecule has 31 heavy (non-hydrogen) atoms. The molecule has 0 radical (unpaired) electrons. The Hall–Kier alpha value is -1.96. The molecule has 1 aromatic carbocycles. The van der Waals surface area contributed by atoms with Crippen molar-refractivity contribution in [2.45, 2.75) is 52.0 Å². The largest absolute Gasteiger partial charge is 0.339 e. The molecule has 3 heterocycles. The highest BCUT2D eigenvalue weighted by atomic mass is 35.5. The molecule has 7 nitrogen and oxygen atoms in total. The Morgan fingerprint density at radius 1 is 1.16 bits per heavy atom. The molecule has 1 aliphatic heterocycles. The highest BCUT2D eigenvalue weighted by Gasteiger charge is 2.58. The number of nitrogens with zero attached hydrogens (tertiary/aromatic N) is 5. The lowest BCUT2D eigenvalue weighted by Crippen LogP contribution is -2.34. The van der Waals surface area contributed by atoms with E-state index in [0.717, 1.165) is 68.5 Å². The van der Waals surface area contributed by atoms with Gasteiger partial charge in [0.25, 0.3) is 0 Å². The molecule has 1 saturated heterocycles. The molecule has 0 N–H and O–H groups in total. The zero-order valence-corrected chi connectivity index (χ0v) is 19.3. The summed E-state index contributed by atoms with van der Waals surface area (Å²) in [6.45, 7) is 7.09. The van der Waals surface area contributed by atoms with Gasteiger partial charge in [-0.2, -0.15) is 9.97 Å². The molecule has 5 rings (SSSR count). The number of rotatable bonds is 6. The molecule has 9 heteroatoms. The zero-order chi connectivity index (χ0) is 20.7. The minimum atomic E-state index is 0. The molecule has 3 aromatic rings. The highest BCUT2D eigenvalue weighted by molar-refractivity contribution is 6.30. The molecule has 2 fully saturated rings. The summed E-state index contributed by atoms with van der Waals surface area (Å²) in [4.78, 5) is 11.6. The van der Waals surface area contributed by atoms with E-state index in [4.69, 9.17) is 20.6 Å². The summed E-state index contributed by atoms with van der Waals surface area (Å²) >= 11 is 6.08. The van der Waals surface area contributed by atoms with Crippen LogP contribution in [0.3, 0.4) is 0 Å². The predicted molar refractivity (Wildman–Crippen MR) is 119 cm³/mol. The van der Waals surface area contributed by atoms with Gasteiger partial charge in [-0.3, -0.25) is 4.90 Å². The Labute approximate surface area is 192 Å². The van der Waals surface area contributed by atoms with Gasteiger partial charge in [-0.1, -0.05) is 47.9 Å². The van der Waals surface area contributed by atoms with Crippen LogP contribution in [-0.4, -0.2) is 38.3 Å². The van der Waals surface area contributed by atoms with Gasteiger partial charge < -0.3 is 9.05 Å². The number of halogens is 2. The zero-order valence-electron chi connectivity index (χ0n) is 17.8. The predicted octanol–water partition coefficient (Wildman–Crippen LogP) is 5.16. The van der Waals surface area contributed by atoms with Gasteiger partial charge in [0.2, 0.25) is 17.6 Å². The summed E-state index contributed by atoms with van der Waals surface area (Å²) < 4.78 is 11.1. The summed E-state index contributed by atoms with van der Waals surface area (Å²) in [6.07, 6.45) is 4.23. The summed E-state index contributed by atoms with van der Waals surface area (Å²) in [5.41, 5.74) is 1.19. The minimum absolute atomic E-state index is 0. The van der Waals surface area contributed by atoms with E-state index in [1.807, 2.05) is 24.3 Å². The van der Waals surface area contributed by atoms with Crippen LogP contribution in [0.5, 0.6) is 0 Å². The third-order valence-electron chi connectivity index (χ3n) is 6.32. The average Bonchev–Trinajstić information content (AvgIpc) is 3.07. The van der Waals surface area contributed by atoms with Gasteiger partial charge in [0.05, 0.1) is 6.54 Å². The Balaban J connectivity index is 0.00000231. The van der Waals surface area contributed by atoms with Crippen molar-refractivity contribution in [3.63, 3.8) is 0 Å². The SMILES string of the molecule is CC(C)Cc1noc(CN2CCC3(CC2)CC3c2nc(-c3cccc(Cl)c3)no2)n1.Cl. The summed E-state index contributed by atoms with van der Waals surface area (Å²) in [6, 6.07) is 7.56. The standard InChI is InChI=1S/C22H26ClN5O2.ClH/c1-14(2)10-18-24-19(29-26-18)13-28-8-6-22(7-9-28)12-17(22)21-25-20(27-30-21)15-4-3-5-16(23)11-15;/h3-5,11,14,17H,6-10,12-13H2,1-2H3;1H. The van der Waals surface area contributed by atoms with Gasteiger partial charge >= 0.3 is 0 Å². The number of hydrogen-bond donors (Lipinski definition) is 0. The second kappa shape index (κ2) is 8.88. The van der Waals surface area contributed by atoms with E-state index < -0.39 is 0 Å². The molecule has 2 aromatic heterocycles. The first kappa shape index (κ1) is 22.2. The van der Waals surface area contributed by atoms with Crippen LogP contribution in [0, 0.1) is 11.3 Å². The van der Waals surface area contributed by atoms with Crippen molar-refractivity contribution in [2.24, 2.45) is 11.3 Å². The van der Waals surface area contributed by atoms with Crippen molar-refractivity contribution in [2.75, 3.05) is 13.1 Å². The van der Waals surface area contributed by atoms with Gasteiger partial charge in [0, 0.05) is 22.9 Å². The van der Waals surface area contributed by atoms with Crippen molar-refractivity contribution in [3.8, 4) is 11.4 Å². The quantitative estimate of drug-likeness (QED) is 0.498. The van der Waals surface area contributed by atoms with E-state index in [-0.39, 0.29) is 12.4 Å². The lowest BCUT2D eigenvalue weighted by atomic mass is 9.91. The van der Waals surface area contributed by atoms with Gasteiger partial charge in [-0.15, -0.1) is 12.4 Å². The van der Waals surface area contributed by atoms with E-state index in [9.17, 15) is 0 Å². The number of aromatic nitrogens is 4. The topological polar surface area (TPSA) is 81.1 Å². The molecule has 2 aliphatic rings.